The van der Waals surface area contributed by atoms with Crippen LogP contribution in [0.2, 0.25) is 5.02 Å². The fourth-order valence-corrected chi connectivity index (χ4v) is 2.19. The van der Waals surface area contributed by atoms with E-state index in [1.165, 1.54) is 18.2 Å². The van der Waals surface area contributed by atoms with E-state index in [9.17, 15) is 10.1 Å². The first kappa shape index (κ1) is 15.3. The Morgan fingerprint density at radius 1 is 1.33 bits per heavy atom. The molecule has 5 nitrogen and oxygen atoms in total. The molecule has 110 valence electrons. The average Bonchev–Trinajstić information content (AvgIpc) is 2.45. The number of benzene rings is 2. The summed E-state index contributed by atoms with van der Waals surface area (Å²) < 4.78 is 5.69. The Balaban J connectivity index is 2.25. The standard InChI is InChI=1S/C15H15ClN2O3/c1-10(17)13-4-2-3-5-15(13)21-9-11-8-12(16)6-7-14(11)18(19)20/h2-8,10H,9,17H2,1H3. The molecule has 0 bridgehead atoms. The molecule has 2 aromatic rings. The zero-order valence-electron chi connectivity index (χ0n) is 11.5. The summed E-state index contributed by atoms with van der Waals surface area (Å²) >= 11 is 5.89. The van der Waals surface area contributed by atoms with Crippen LogP contribution in [0.15, 0.2) is 42.5 Å². The van der Waals surface area contributed by atoms with E-state index in [4.69, 9.17) is 22.1 Å². The highest BCUT2D eigenvalue weighted by atomic mass is 35.5. The third-order valence-electron chi connectivity index (χ3n) is 3.03. The van der Waals surface area contributed by atoms with E-state index in [2.05, 4.69) is 0 Å². The van der Waals surface area contributed by atoms with Gasteiger partial charge in [-0.3, -0.25) is 10.1 Å². The third kappa shape index (κ3) is 3.71. The maximum absolute atomic E-state index is 11.0. The lowest BCUT2D eigenvalue weighted by molar-refractivity contribution is -0.385. The Hall–Kier alpha value is -2.11. The lowest BCUT2D eigenvalue weighted by atomic mass is 10.1. The van der Waals surface area contributed by atoms with Gasteiger partial charge in [0, 0.05) is 22.7 Å². The average molecular weight is 307 g/mol. The van der Waals surface area contributed by atoms with Crippen LogP contribution in [0.25, 0.3) is 0 Å². The fraction of sp³-hybridized carbons (Fsp3) is 0.200. The smallest absolute Gasteiger partial charge is 0.276 e. The minimum Gasteiger partial charge on any atom is -0.488 e. The molecule has 2 aromatic carbocycles. The molecule has 0 aliphatic carbocycles. The van der Waals surface area contributed by atoms with Crippen LogP contribution in [0, 0.1) is 10.1 Å². The largest absolute Gasteiger partial charge is 0.488 e. The number of ether oxygens (including phenoxy) is 1. The summed E-state index contributed by atoms with van der Waals surface area (Å²) in [7, 11) is 0. The molecular formula is C15H15ClN2O3. The third-order valence-corrected chi connectivity index (χ3v) is 3.27. The molecular weight excluding hydrogens is 292 g/mol. The number of hydrogen-bond acceptors (Lipinski definition) is 4. The van der Waals surface area contributed by atoms with E-state index >= 15 is 0 Å². The first-order chi connectivity index (χ1) is 9.99. The van der Waals surface area contributed by atoms with Gasteiger partial charge in [0.1, 0.15) is 12.4 Å². The first-order valence-electron chi connectivity index (χ1n) is 6.39. The van der Waals surface area contributed by atoms with E-state index in [1.807, 2.05) is 25.1 Å². The number of nitro benzene ring substituents is 1. The van der Waals surface area contributed by atoms with Crippen molar-refractivity contribution in [1.29, 1.82) is 0 Å². The fourth-order valence-electron chi connectivity index (χ4n) is 1.99. The number of para-hydroxylation sites is 1. The van der Waals surface area contributed by atoms with Crippen molar-refractivity contribution < 1.29 is 9.66 Å². The Morgan fingerprint density at radius 3 is 2.71 bits per heavy atom. The highest BCUT2D eigenvalue weighted by molar-refractivity contribution is 6.30. The summed E-state index contributed by atoms with van der Waals surface area (Å²) in [6.07, 6.45) is 0. The van der Waals surface area contributed by atoms with Gasteiger partial charge in [-0.15, -0.1) is 0 Å². The van der Waals surface area contributed by atoms with Gasteiger partial charge < -0.3 is 10.5 Å². The predicted octanol–water partition coefficient (Wildman–Crippen LogP) is 3.85. The van der Waals surface area contributed by atoms with Crippen molar-refractivity contribution in [2.45, 2.75) is 19.6 Å². The Bertz CT molecular complexity index is 659. The van der Waals surface area contributed by atoms with Crippen molar-refractivity contribution in [2.24, 2.45) is 5.73 Å². The molecule has 0 aromatic heterocycles. The van der Waals surface area contributed by atoms with Gasteiger partial charge in [-0.25, -0.2) is 0 Å². The van der Waals surface area contributed by atoms with Crippen LogP contribution in [0.3, 0.4) is 0 Å². The predicted molar refractivity (Wildman–Crippen MR) is 81.5 cm³/mol. The molecule has 0 saturated heterocycles. The second-order valence-corrected chi connectivity index (χ2v) is 5.08. The van der Waals surface area contributed by atoms with Crippen molar-refractivity contribution in [2.75, 3.05) is 0 Å². The molecule has 6 heteroatoms. The molecule has 21 heavy (non-hydrogen) atoms. The van der Waals surface area contributed by atoms with E-state index in [0.717, 1.165) is 5.56 Å². The number of rotatable bonds is 5. The van der Waals surface area contributed by atoms with Gasteiger partial charge in [0.2, 0.25) is 0 Å². The van der Waals surface area contributed by atoms with Crippen LogP contribution >= 0.6 is 11.6 Å². The van der Waals surface area contributed by atoms with Gasteiger partial charge >= 0.3 is 0 Å². The minimum absolute atomic E-state index is 0.0160. The van der Waals surface area contributed by atoms with E-state index in [0.29, 0.717) is 16.3 Å². The van der Waals surface area contributed by atoms with Gasteiger partial charge in [-0.05, 0) is 25.1 Å². The molecule has 0 saturated carbocycles. The summed E-state index contributed by atoms with van der Waals surface area (Å²) in [5, 5.41) is 11.4. The SMILES string of the molecule is CC(N)c1ccccc1OCc1cc(Cl)ccc1[N+](=O)[O-]. The molecule has 0 heterocycles. The van der Waals surface area contributed by atoms with Crippen molar-refractivity contribution in [3.05, 3.63) is 68.7 Å². The lowest BCUT2D eigenvalue weighted by Crippen LogP contribution is -2.08. The highest BCUT2D eigenvalue weighted by Gasteiger charge is 2.15. The van der Waals surface area contributed by atoms with Crippen LogP contribution < -0.4 is 10.5 Å². The second-order valence-electron chi connectivity index (χ2n) is 4.65. The molecule has 0 aliphatic heterocycles. The lowest BCUT2D eigenvalue weighted by Gasteiger charge is -2.14. The van der Waals surface area contributed by atoms with Crippen molar-refractivity contribution in [3.63, 3.8) is 0 Å². The second kappa shape index (κ2) is 6.56. The van der Waals surface area contributed by atoms with Gasteiger partial charge in [-0.1, -0.05) is 29.8 Å². The van der Waals surface area contributed by atoms with Crippen LogP contribution in [0.1, 0.15) is 24.1 Å². The van der Waals surface area contributed by atoms with Gasteiger partial charge in [0.15, 0.2) is 0 Å². The zero-order valence-corrected chi connectivity index (χ0v) is 12.2. The van der Waals surface area contributed by atoms with Crippen molar-refractivity contribution >= 4 is 17.3 Å². The molecule has 0 spiro atoms. The van der Waals surface area contributed by atoms with Crippen molar-refractivity contribution in [3.8, 4) is 5.75 Å². The topological polar surface area (TPSA) is 78.4 Å². The Kier molecular flexibility index (Phi) is 4.77. The molecule has 1 atom stereocenters. The number of nitrogens with two attached hydrogens (primary N) is 1. The molecule has 0 fully saturated rings. The van der Waals surface area contributed by atoms with Crippen LogP contribution in [0.5, 0.6) is 5.75 Å². The molecule has 2 N–H and O–H groups in total. The van der Waals surface area contributed by atoms with Gasteiger partial charge in [0.25, 0.3) is 5.69 Å². The summed E-state index contributed by atoms with van der Waals surface area (Å²) in [5.41, 5.74) is 7.13. The van der Waals surface area contributed by atoms with Crippen LogP contribution in [-0.4, -0.2) is 4.92 Å². The summed E-state index contributed by atoms with van der Waals surface area (Å²) in [5.74, 6) is 0.613. The minimum atomic E-state index is -0.452. The molecule has 1 unspecified atom stereocenters. The number of nitrogens with zero attached hydrogens (tertiary/aromatic N) is 1. The summed E-state index contributed by atoms with van der Waals surface area (Å²) in [4.78, 5) is 10.6. The molecule has 0 amide bonds. The summed E-state index contributed by atoms with van der Waals surface area (Å²) in [6.45, 7) is 1.91. The first-order valence-corrected chi connectivity index (χ1v) is 6.77. The number of hydrogen-bond donors (Lipinski definition) is 1. The molecule has 0 radical (unpaired) electrons. The Labute approximate surface area is 127 Å². The monoisotopic (exact) mass is 306 g/mol. The quantitative estimate of drug-likeness (QED) is 0.672. The van der Waals surface area contributed by atoms with Crippen molar-refractivity contribution in [1.82, 2.24) is 0 Å². The van der Waals surface area contributed by atoms with E-state index in [-0.39, 0.29) is 18.3 Å². The number of halogens is 1. The Morgan fingerprint density at radius 2 is 2.05 bits per heavy atom. The highest BCUT2D eigenvalue weighted by Crippen LogP contribution is 2.27. The normalized spacial score (nSPS) is 12.0. The van der Waals surface area contributed by atoms with Crippen LogP contribution in [-0.2, 0) is 6.61 Å². The maximum Gasteiger partial charge on any atom is 0.276 e. The van der Waals surface area contributed by atoms with E-state index in [1.54, 1.807) is 6.07 Å². The molecule has 0 aliphatic rings. The maximum atomic E-state index is 11.0. The molecule has 2 rings (SSSR count). The van der Waals surface area contributed by atoms with Crippen LogP contribution in [0.4, 0.5) is 5.69 Å². The van der Waals surface area contributed by atoms with Gasteiger partial charge in [0.05, 0.1) is 10.5 Å². The van der Waals surface area contributed by atoms with E-state index < -0.39 is 4.92 Å². The summed E-state index contributed by atoms with van der Waals surface area (Å²) in [6, 6.07) is 11.6. The van der Waals surface area contributed by atoms with Gasteiger partial charge in [-0.2, -0.15) is 0 Å². The number of nitro groups is 1. The zero-order chi connectivity index (χ0) is 15.4.